The summed E-state index contributed by atoms with van der Waals surface area (Å²) in [4.78, 5) is 29.5. The van der Waals surface area contributed by atoms with Crippen LogP contribution in [0.4, 0.5) is 5.69 Å². The number of piperazine rings is 1. The van der Waals surface area contributed by atoms with E-state index in [4.69, 9.17) is 21.7 Å². The lowest BCUT2D eigenvalue weighted by atomic mass is 10.1. The van der Waals surface area contributed by atoms with Gasteiger partial charge in [-0.05, 0) is 73.9 Å². The molecule has 1 saturated heterocycles. The van der Waals surface area contributed by atoms with Gasteiger partial charge in [0.1, 0.15) is 24.7 Å². The van der Waals surface area contributed by atoms with Crippen molar-refractivity contribution >= 4 is 34.8 Å². The van der Waals surface area contributed by atoms with Crippen molar-refractivity contribution < 1.29 is 19.1 Å². The molecule has 0 atom stereocenters. The molecule has 2 amide bonds. The fourth-order valence-corrected chi connectivity index (χ4v) is 4.01. The molecule has 1 aliphatic heterocycles. The molecule has 1 fully saturated rings. The lowest BCUT2D eigenvalue weighted by Gasteiger charge is -2.32. The van der Waals surface area contributed by atoms with E-state index in [2.05, 4.69) is 15.5 Å². The molecule has 0 saturated carbocycles. The van der Waals surface area contributed by atoms with Gasteiger partial charge in [0, 0.05) is 43.0 Å². The number of hydrogen-bond donors (Lipinski definition) is 2. The molecule has 9 heteroatoms. The van der Waals surface area contributed by atoms with Crippen molar-refractivity contribution in [3.63, 3.8) is 0 Å². The molecule has 4 rings (SSSR count). The van der Waals surface area contributed by atoms with Gasteiger partial charge in [0.25, 0.3) is 11.8 Å². The molecule has 1 heterocycles. The standard InChI is InChI=1S/C28H30N4O4S/c1-31-14-16-32(17-15-31)27(34)22-6-5-7-23(20-22)29-28(37)30-26(33)21-10-12-25(13-11-21)36-19-18-35-24-8-3-2-4-9-24/h2-13,20H,14-19H2,1H3,(H2,29,30,33,37). The molecule has 0 radical (unpaired) electrons. The Morgan fingerprint density at radius 2 is 1.46 bits per heavy atom. The van der Waals surface area contributed by atoms with Crippen LogP contribution in [0.25, 0.3) is 0 Å². The summed E-state index contributed by atoms with van der Waals surface area (Å²) in [6.45, 7) is 3.91. The van der Waals surface area contributed by atoms with E-state index in [-0.39, 0.29) is 16.9 Å². The molecule has 0 aromatic heterocycles. The molecule has 0 unspecified atom stereocenters. The Morgan fingerprint density at radius 1 is 0.811 bits per heavy atom. The number of thiocarbonyl (C=S) groups is 1. The summed E-state index contributed by atoms with van der Waals surface area (Å²) in [5, 5.41) is 5.81. The molecule has 2 N–H and O–H groups in total. The van der Waals surface area contributed by atoms with Gasteiger partial charge in [-0.15, -0.1) is 0 Å². The summed E-state index contributed by atoms with van der Waals surface area (Å²) >= 11 is 5.31. The van der Waals surface area contributed by atoms with Crippen molar-refractivity contribution in [2.45, 2.75) is 0 Å². The first-order chi connectivity index (χ1) is 18.0. The molecule has 192 valence electrons. The molecule has 0 bridgehead atoms. The molecule has 37 heavy (non-hydrogen) atoms. The number of nitrogens with one attached hydrogen (secondary N) is 2. The van der Waals surface area contributed by atoms with E-state index in [1.807, 2.05) is 42.3 Å². The molecule has 0 spiro atoms. The Morgan fingerprint density at radius 3 is 2.14 bits per heavy atom. The molecular formula is C28H30N4O4S. The van der Waals surface area contributed by atoms with E-state index in [1.165, 1.54) is 0 Å². The maximum absolute atomic E-state index is 12.8. The smallest absolute Gasteiger partial charge is 0.257 e. The third-order valence-electron chi connectivity index (χ3n) is 5.87. The van der Waals surface area contributed by atoms with E-state index in [0.29, 0.717) is 48.9 Å². The largest absolute Gasteiger partial charge is 0.490 e. The van der Waals surface area contributed by atoms with Crippen molar-refractivity contribution in [1.29, 1.82) is 0 Å². The number of rotatable bonds is 8. The van der Waals surface area contributed by atoms with Gasteiger partial charge in [-0.3, -0.25) is 14.9 Å². The second-order valence-corrected chi connectivity index (χ2v) is 9.03. The first-order valence-electron chi connectivity index (χ1n) is 12.1. The summed E-state index contributed by atoms with van der Waals surface area (Å²) in [7, 11) is 2.05. The summed E-state index contributed by atoms with van der Waals surface area (Å²) < 4.78 is 11.3. The summed E-state index contributed by atoms with van der Waals surface area (Å²) in [6, 6.07) is 23.4. The molecule has 1 aliphatic rings. The number of anilines is 1. The van der Waals surface area contributed by atoms with Crippen molar-refractivity contribution in [2.24, 2.45) is 0 Å². The average Bonchev–Trinajstić information content (AvgIpc) is 2.92. The van der Waals surface area contributed by atoms with Crippen LogP contribution in [0.1, 0.15) is 20.7 Å². The van der Waals surface area contributed by atoms with Crippen molar-refractivity contribution in [1.82, 2.24) is 15.1 Å². The second kappa shape index (κ2) is 12.8. The monoisotopic (exact) mass is 518 g/mol. The maximum Gasteiger partial charge on any atom is 0.257 e. The highest BCUT2D eigenvalue weighted by molar-refractivity contribution is 7.80. The molecular weight excluding hydrogens is 488 g/mol. The number of hydrogen-bond acceptors (Lipinski definition) is 6. The molecule has 3 aromatic carbocycles. The number of amides is 2. The Hall–Kier alpha value is -3.95. The van der Waals surface area contributed by atoms with E-state index >= 15 is 0 Å². The minimum atomic E-state index is -0.346. The van der Waals surface area contributed by atoms with Gasteiger partial charge in [0.15, 0.2) is 5.11 Å². The first kappa shape index (κ1) is 26.1. The zero-order valence-electron chi connectivity index (χ0n) is 20.7. The van der Waals surface area contributed by atoms with Gasteiger partial charge < -0.3 is 24.6 Å². The lowest BCUT2D eigenvalue weighted by molar-refractivity contribution is 0.0664. The van der Waals surface area contributed by atoms with Crippen LogP contribution < -0.4 is 20.1 Å². The van der Waals surface area contributed by atoms with Gasteiger partial charge >= 0.3 is 0 Å². The van der Waals surface area contributed by atoms with Crippen LogP contribution in [-0.2, 0) is 0 Å². The van der Waals surface area contributed by atoms with Crippen LogP contribution in [0.5, 0.6) is 11.5 Å². The fourth-order valence-electron chi connectivity index (χ4n) is 3.80. The zero-order chi connectivity index (χ0) is 26.0. The highest BCUT2D eigenvalue weighted by Gasteiger charge is 2.20. The van der Waals surface area contributed by atoms with Gasteiger partial charge in [-0.1, -0.05) is 24.3 Å². The second-order valence-electron chi connectivity index (χ2n) is 8.62. The van der Waals surface area contributed by atoms with E-state index in [0.717, 1.165) is 18.8 Å². The minimum Gasteiger partial charge on any atom is -0.490 e. The predicted molar refractivity (Wildman–Crippen MR) is 147 cm³/mol. The number of nitrogens with zero attached hydrogens (tertiary/aromatic N) is 2. The molecule has 8 nitrogen and oxygen atoms in total. The Labute approximate surface area is 222 Å². The third-order valence-corrected chi connectivity index (χ3v) is 6.07. The van der Waals surface area contributed by atoms with Crippen LogP contribution in [0, 0.1) is 0 Å². The highest BCUT2D eigenvalue weighted by atomic mass is 32.1. The lowest BCUT2D eigenvalue weighted by Crippen LogP contribution is -2.47. The number of para-hydroxylation sites is 1. The summed E-state index contributed by atoms with van der Waals surface area (Å²) in [5.41, 5.74) is 1.65. The SMILES string of the molecule is CN1CCN(C(=O)c2cccc(NC(=S)NC(=O)c3ccc(OCCOc4ccccc4)cc3)c2)CC1. The number of carbonyl (C=O) groups is 2. The number of ether oxygens (including phenoxy) is 2. The van der Waals surface area contributed by atoms with Crippen molar-refractivity contribution in [3.8, 4) is 11.5 Å². The topological polar surface area (TPSA) is 83.1 Å². The predicted octanol–water partition coefficient (Wildman–Crippen LogP) is 3.66. The Kier molecular flexibility index (Phi) is 9.07. The van der Waals surface area contributed by atoms with Gasteiger partial charge in [-0.2, -0.15) is 0 Å². The van der Waals surface area contributed by atoms with Crippen molar-refractivity contribution in [3.05, 3.63) is 90.0 Å². The Balaban J connectivity index is 1.23. The summed E-state index contributed by atoms with van der Waals surface area (Å²) in [5.74, 6) is 1.06. The highest BCUT2D eigenvalue weighted by Crippen LogP contribution is 2.15. The van der Waals surface area contributed by atoms with E-state index < -0.39 is 0 Å². The van der Waals surface area contributed by atoms with E-state index in [1.54, 1.807) is 48.5 Å². The summed E-state index contributed by atoms with van der Waals surface area (Å²) in [6.07, 6.45) is 0. The molecule has 3 aromatic rings. The van der Waals surface area contributed by atoms with Crippen LogP contribution >= 0.6 is 12.2 Å². The molecule has 0 aliphatic carbocycles. The first-order valence-corrected chi connectivity index (χ1v) is 12.5. The van der Waals surface area contributed by atoms with E-state index in [9.17, 15) is 9.59 Å². The number of likely N-dealkylation sites (N-methyl/N-ethyl adjacent to an activating group) is 1. The van der Waals surface area contributed by atoms with Crippen LogP contribution in [0.2, 0.25) is 0 Å². The van der Waals surface area contributed by atoms with Gasteiger partial charge in [0.2, 0.25) is 0 Å². The maximum atomic E-state index is 12.8. The normalized spacial score (nSPS) is 13.5. The number of benzene rings is 3. The van der Waals surface area contributed by atoms with Crippen LogP contribution in [0.3, 0.4) is 0 Å². The average molecular weight is 519 g/mol. The van der Waals surface area contributed by atoms with Crippen LogP contribution in [0.15, 0.2) is 78.9 Å². The minimum absolute atomic E-state index is 0.0133. The van der Waals surface area contributed by atoms with Gasteiger partial charge in [-0.25, -0.2) is 0 Å². The Bertz CT molecular complexity index is 1210. The van der Waals surface area contributed by atoms with Gasteiger partial charge in [0.05, 0.1) is 0 Å². The van der Waals surface area contributed by atoms with Crippen molar-refractivity contribution in [2.75, 3.05) is 51.8 Å². The number of carbonyl (C=O) groups excluding carboxylic acids is 2. The van der Waals surface area contributed by atoms with Crippen LogP contribution in [-0.4, -0.2) is 73.2 Å². The third kappa shape index (κ3) is 7.77. The fraction of sp³-hybridized carbons (Fsp3) is 0.250. The quantitative estimate of drug-likeness (QED) is 0.348. The zero-order valence-corrected chi connectivity index (χ0v) is 21.5.